The van der Waals surface area contributed by atoms with Crippen molar-refractivity contribution >= 4 is 29.2 Å². The molecule has 34 heavy (non-hydrogen) atoms. The Kier molecular flexibility index (Phi) is 8.17. The number of benzene rings is 2. The SMILES string of the molecule is CCOC(=O)c1cc(-c2cc(C(C(CO)c3ccc(F)cc3Cl)C(F)(F)F)ccn2)ccc1Cl. The molecular formula is C24H19Cl2F4NO3. The zero-order chi connectivity index (χ0) is 25.0. The van der Waals surface area contributed by atoms with Gasteiger partial charge in [0.25, 0.3) is 0 Å². The van der Waals surface area contributed by atoms with Gasteiger partial charge in [-0.25, -0.2) is 9.18 Å². The number of ether oxygens (including phenoxy) is 1. The van der Waals surface area contributed by atoms with Gasteiger partial charge in [0.15, 0.2) is 0 Å². The van der Waals surface area contributed by atoms with Crippen LogP contribution in [-0.4, -0.2) is 35.4 Å². The Hall–Kier alpha value is -2.68. The number of halogens is 6. The van der Waals surface area contributed by atoms with E-state index in [9.17, 15) is 27.5 Å². The van der Waals surface area contributed by atoms with Gasteiger partial charge in [0, 0.05) is 22.7 Å². The Bertz CT molecular complexity index is 1190. The fraction of sp³-hybridized carbons (Fsp3) is 0.250. The molecule has 180 valence electrons. The molecule has 2 aromatic carbocycles. The van der Waals surface area contributed by atoms with Crippen molar-refractivity contribution in [2.75, 3.05) is 13.2 Å². The van der Waals surface area contributed by atoms with E-state index in [1.54, 1.807) is 6.92 Å². The third-order valence-electron chi connectivity index (χ3n) is 5.21. The van der Waals surface area contributed by atoms with Gasteiger partial charge in [0.2, 0.25) is 0 Å². The van der Waals surface area contributed by atoms with Crippen molar-refractivity contribution in [1.29, 1.82) is 0 Å². The first-order chi connectivity index (χ1) is 16.1. The van der Waals surface area contributed by atoms with Gasteiger partial charge in [-0.15, -0.1) is 0 Å². The Morgan fingerprint density at radius 3 is 2.44 bits per heavy atom. The van der Waals surface area contributed by atoms with Gasteiger partial charge < -0.3 is 9.84 Å². The summed E-state index contributed by atoms with van der Waals surface area (Å²) in [6.45, 7) is 0.860. The van der Waals surface area contributed by atoms with Crippen LogP contribution in [0.2, 0.25) is 10.0 Å². The number of rotatable bonds is 7. The van der Waals surface area contributed by atoms with Crippen LogP contribution in [-0.2, 0) is 4.74 Å². The van der Waals surface area contributed by atoms with E-state index in [4.69, 9.17) is 27.9 Å². The highest BCUT2D eigenvalue weighted by atomic mass is 35.5. The first-order valence-corrected chi connectivity index (χ1v) is 10.9. The van der Waals surface area contributed by atoms with E-state index >= 15 is 0 Å². The lowest BCUT2D eigenvalue weighted by Crippen LogP contribution is -2.29. The number of nitrogens with zero attached hydrogens (tertiary/aromatic N) is 1. The lowest BCUT2D eigenvalue weighted by atomic mass is 9.81. The topological polar surface area (TPSA) is 59.4 Å². The number of aromatic nitrogens is 1. The summed E-state index contributed by atoms with van der Waals surface area (Å²) in [7, 11) is 0. The van der Waals surface area contributed by atoms with E-state index in [0.29, 0.717) is 5.56 Å². The number of carbonyl (C=O) groups is 1. The maximum atomic E-state index is 14.3. The Labute approximate surface area is 203 Å². The predicted molar refractivity (Wildman–Crippen MR) is 121 cm³/mol. The third-order valence-corrected chi connectivity index (χ3v) is 5.87. The molecule has 2 unspecified atom stereocenters. The zero-order valence-electron chi connectivity index (χ0n) is 17.7. The van der Waals surface area contributed by atoms with Crippen molar-refractivity contribution in [2.24, 2.45) is 0 Å². The molecule has 1 N–H and O–H groups in total. The average molecular weight is 516 g/mol. The molecule has 4 nitrogen and oxygen atoms in total. The van der Waals surface area contributed by atoms with Crippen LogP contribution in [0.25, 0.3) is 11.3 Å². The molecule has 10 heteroatoms. The van der Waals surface area contributed by atoms with Gasteiger partial charge in [-0.05, 0) is 54.4 Å². The molecule has 3 rings (SSSR count). The van der Waals surface area contributed by atoms with E-state index in [2.05, 4.69) is 4.98 Å². The van der Waals surface area contributed by atoms with Crippen LogP contribution >= 0.6 is 23.2 Å². The molecule has 1 aromatic heterocycles. The molecule has 2 atom stereocenters. The summed E-state index contributed by atoms with van der Waals surface area (Å²) in [6, 6.07) is 9.74. The molecule has 0 spiro atoms. The average Bonchev–Trinajstić information content (AvgIpc) is 2.77. The number of hydrogen-bond donors (Lipinski definition) is 1. The van der Waals surface area contributed by atoms with Crippen LogP contribution in [0.3, 0.4) is 0 Å². The maximum absolute atomic E-state index is 14.3. The molecule has 0 bridgehead atoms. The maximum Gasteiger partial charge on any atom is 0.396 e. The van der Waals surface area contributed by atoms with Gasteiger partial charge in [0.05, 0.1) is 35.4 Å². The number of pyridine rings is 1. The molecule has 0 aliphatic carbocycles. The largest absolute Gasteiger partial charge is 0.462 e. The van der Waals surface area contributed by atoms with E-state index in [0.717, 1.165) is 18.2 Å². The van der Waals surface area contributed by atoms with Crippen molar-refractivity contribution in [1.82, 2.24) is 4.98 Å². The fourth-order valence-corrected chi connectivity index (χ4v) is 4.19. The third kappa shape index (κ3) is 5.68. The number of aliphatic hydroxyl groups is 1. The number of alkyl halides is 3. The monoisotopic (exact) mass is 515 g/mol. The number of esters is 1. The molecule has 0 amide bonds. The Morgan fingerprint density at radius 2 is 1.82 bits per heavy atom. The lowest BCUT2D eigenvalue weighted by Gasteiger charge is -2.29. The molecular weight excluding hydrogens is 497 g/mol. The Morgan fingerprint density at radius 1 is 1.09 bits per heavy atom. The minimum absolute atomic E-state index is 0.0395. The van der Waals surface area contributed by atoms with Crippen molar-refractivity contribution < 1.29 is 32.2 Å². The minimum atomic E-state index is -4.78. The smallest absolute Gasteiger partial charge is 0.396 e. The highest BCUT2D eigenvalue weighted by molar-refractivity contribution is 6.33. The van der Waals surface area contributed by atoms with Crippen molar-refractivity contribution in [3.05, 3.63) is 87.3 Å². The molecule has 0 aliphatic rings. The zero-order valence-corrected chi connectivity index (χ0v) is 19.3. The van der Waals surface area contributed by atoms with E-state index in [1.165, 1.54) is 36.5 Å². The standard InChI is InChI=1S/C24H19Cl2F4NO3/c1-2-34-23(33)17-9-13(3-6-19(17)25)21-10-14(7-8-31-21)22(24(28,29)30)18(12-32)16-5-4-15(27)11-20(16)26/h3-11,18,22,32H,2,12H2,1H3. The highest BCUT2D eigenvalue weighted by Gasteiger charge is 2.46. The van der Waals surface area contributed by atoms with Crippen LogP contribution in [0.5, 0.6) is 0 Å². The second-order valence-corrected chi connectivity index (χ2v) is 8.18. The van der Waals surface area contributed by atoms with Crippen LogP contribution in [0.15, 0.2) is 54.7 Å². The van der Waals surface area contributed by atoms with Gasteiger partial charge in [-0.2, -0.15) is 13.2 Å². The molecule has 3 aromatic rings. The predicted octanol–water partition coefficient (Wildman–Crippen LogP) is 6.79. The summed E-state index contributed by atoms with van der Waals surface area (Å²) in [5, 5.41) is 9.80. The number of hydrogen-bond acceptors (Lipinski definition) is 4. The second kappa shape index (κ2) is 10.7. The van der Waals surface area contributed by atoms with E-state index < -0.39 is 36.4 Å². The van der Waals surface area contributed by atoms with Gasteiger partial charge in [0.1, 0.15) is 5.82 Å². The molecule has 0 aliphatic heterocycles. The fourth-order valence-electron chi connectivity index (χ4n) is 3.68. The Balaban J connectivity index is 2.09. The molecule has 0 saturated heterocycles. The summed E-state index contributed by atoms with van der Waals surface area (Å²) < 4.78 is 61.2. The summed E-state index contributed by atoms with van der Waals surface area (Å²) in [4.78, 5) is 16.3. The number of carbonyl (C=O) groups excluding carboxylic acids is 1. The van der Waals surface area contributed by atoms with E-state index in [-0.39, 0.29) is 39.0 Å². The van der Waals surface area contributed by atoms with Crippen molar-refractivity contribution in [2.45, 2.75) is 24.9 Å². The molecule has 0 radical (unpaired) electrons. The van der Waals surface area contributed by atoms with Gasteiger partial charge in [-0.3, -0.25) is 4.98 Å². The summed E-state index contributed by atoms with van der Waals surface area (Å²) in [5.74, 6) is -5.05. The first kappa shape index (κ1) is 25.9. The lowest BCUT2D eigenvalue weighted by molar-refractivity contribution is -0.158. The summed E-state index contributed by atoms with van der Waals surface area (Å²) in [6.07, 6.45) is -3.58. The van der Waals surface area contributed by atoms with Crippen LogP contribution in [0.4, 0.5) is 17.6 Å². The number of aliphatic hydroxyl groups excluding tert-OH is 1. The van der Waals surface area contributed by atoms with Gasteiger partial charge in [-0.1, -0.05) is 35.3 Å². The van der Waals surface area contributed by atoms with Crippen molar-refractivity contribution in [3.63, 3.8) is 0 Å². The highest BCUT2D eigenvalue weighted by Crippen LogP contribution is 2.46. The first-order valence-electron chi connectivity index (χ1n) is 10.1. The van der Waals surface area contributed by atoms with Crippen LogP contribution < -0.4 is 0 Å². The van der Waals surface area contributed by atoms with Gasteiger partial charge >= 0.3 is 12.1 Å². The summed E-state index contributed by atoms with van der Waals surface area (Å²) in [5.41, 5.74) is 0.310. The quantitative estimate of drug-likeness (QED) is 0.278. The summed E-state index contributed by atoms with van der Waals surface area (Å²) >= 11 is 12.1. The molecule has 0 saturated carbocycles. The molecule has 0 fully saturated rings. The van der Waals surface area contributed by atoms with Crippen LogP contribution in [0, 0.1) is 5.82 Å². The second-order valence-electron chi connectivity index (χ2n) is 7.36. The van der Waals surface area contributed by atoms with Crippen molar-refractivity contribution in [3.8, 4) is 11.3 Å². The van der Waals surface area contributed by atoms with Crippen LogP contribution in [0.1, 0.15) is 40.2 Å². The van der Waals surface area contributed by atoms with E-state index in [1.807, 2.05) is 0 Å². The normalized spacial score (nSPS) is 13.4. The molecule has 1 heterocycles. The minimum Gasteiger partial charge on any atom is -0.462 e.